The van der Waals surface area contributed by atoms with Gasteiger partial charge >= 0.3 is 0 Å². The molecule has 0 saturated carbocycles. The number of aromatic nitrogens is 2. The summed E-state index contributed by atoms with van der Waals surface area (Å²) in [5.74, 6) is 1.39. The first-order valence-electron chi connectivity index (χ1n) is 6.73. The summed E-state index contributed by atoms with van der Waals surface area (Å²) in [7, 11) is 0. The molecule has 1 fully saturated rings. The zero-order chi connectivity index (χ0) is 13.9. The van der Waals surface area contributed by atoms with Gasteiger partial charge in [0.15, 0.2) is 5.82 Å². The highest BCUT2D eigenvalue weighted by atomic mass is 35.5. The van der Waals surface area contributed by atoms with Crippen molar-refractivity contribution in [2.24, 2.45) is 0 Å². The van der Waals surface area contributed by atoms with Crippen molar-refractivity contribution in [1.82, 2.24) is 15.0 Å². The molecule has 0 aliphatic carbocycles. The number of hydrogen-bond acceptors (Lipinski definition) is 5. The van der Waals surface area contributed by atoms with Gasteiger partial charge in [0.05, 0.1) is 6.54 Å². The average molecular weight is 293 g/mol. The first-order chi connectivity index (χ1) is 9.70. The lowest BCUT2D eigenvalue weighted by Gasteiger charge is -2.35. The van der Waals surface area contributed by atoms with Crippen LogP contribution in [0.25, 0.3) is 0 Å². The number of aryl methyl sites for hydroxylation is 1. The summed E-state index contributed by atoms with van der Waals surface area (Å²) in [5.41, 5.74) is 1.19. The molecule has 1 aromatic heterocycles. The largest absolute Gasteiger partial charge is 0.369 e. The highest BCUT2D eigenvalue weighted by Gasteiger charge is 2.19. The van der Waals surface area contributed by atoms with Gasteiger partial charge in [-0.1, -0.05) is 22.8 Å². The van der Waals surface area contributed by atoms with Gasteiger partial charge in [0.25, 0.3) is 0 Å². The van der Waals surface area contributed by atoms with Crippen molar-refractivity contribution in [2.45, 2.75) is 13.5 Å². The van der Waals surface area contributed by atoms with Gasteiger partial charge in [0, 0.05) is 36.9 Å². The number of rotatable bonds is 3. The summed E-state index contributed by atoms with van der Waals surface area (Å²) in [4.78, 5) is 8.92. The topological polar surface area (TPSA) is 45.4 Å². The molecule has 6 heteroatoms. The Labute approximate surface area is 123 Å². The third-order valence-corrected chi connectivity index (χ3v) is 3.71. The zero-order valence-corrected chi connectivity index (χ0v) is 12.2. The van der Waals surface area contributed by atoms with Crippen molar-refractivity contribution in [3.05, 3.63) is 41.0 Å². The van der Waals surface area contributed by atoms with Crippen molar-refractivity contribution in [3.63, 3.8) is 0 Å². The Hall–Kier alpha value is -1.59. The lowest BCUT2D eigenvalue weighted by molar-refractivity contribution is 0.215. The van der Waals surface area contributed by atoms with E-state index < -0.39 is 0 Å². The minimum Gasteiger partial charge on any atom is -0.369 e. The van der Waals surface area contributed by atoms with Gasteiger partial charge in [0.1, 0.15) is 0 Å². The summed E-state index contributed by atoms with van der Waals surface area (Å²) in [5, 5.41) is 4.60. The molecule has 0 unspecified atom stereocenters. The minimum atomic E-state index is 0.692. The lowest BCUT2D eigenvalue weighted by atomic mass is 10.2. The van der Waals surface area contributed by atoms with Crippen LogP contribution < -0.4 is 4.90 Å². The second kappa shape index (κ2) is 5.81. The van der Waals surface area contributed by atoms with Crippen LogP contribution in [0.4, 0.5) is 5.69 Å². The molecule has 0 N–H and O–H groups in total. The molecule has 0 radical (unpaired) electrons. The molecule has 0 amide bonds. The van der Waals surface area contributed by atoms with Crippen LogP contribution in [0.5, 0.6) is 0 Å². The number of nitrogens with zero attached hydrogens (tertiary/aromatic N) is 4. The molecule has 1 aromatic carbocycles. The van der Waals surface area contributed by atoms with Crippen molar-refractivity contribution in [2.75, 3.05) is 31.1 Å². The maximum atomic E-state index is 6.04. The Balaban J connectivity index is 1.57. The van der Waals surface area contributed by atoms with Gasteiger partial charge in [-0.05, 0) is 25.1 Å². The van der Waals surface area contributed by atoms with E-state index in [4.69, 9.17) is 16.1 Å². The summed E-state index contributed by atoms with van der Waals surface area (Å²) in [6, 6.07) is 8.01. The molecule has 5 nitrogen and oxygen atoms in total. The summed E-state index contributed by atoms with van der Waals surface area (Å²) >= 11 is 6.04. The van der Waals surface area contributed by atoms with Crippen LogP contribution in [0.2, 0.25) is 5.02 Å². The fraction of sp³-hybridized carbons (Fsp3) is 0.429. The first-order valence-corrected chi connectivity index (χ1v) is 7.10. The SMILES string of the molecule is Cc1noc(CN2CCN(c3cccc(Cl)c3)CC2)n1. The van der Waals surface area contributed by atoms with Gasteiger partial charge < -0.3 is 9.42 Å². The quantitative estimate of drug-likeness (QED) is 0.869. The van der Waals surface area contributed by atoms with Crippen LogP contribution in [0, 0.1) is 6.92 Å². The van der Waals surface area contributed by atoms with Gasteiger partial charge in [-0.25, -0.2) is 0 Å². The number of benzene rings is 1. The van der Waals surface area contributed by atoms with E-state index in [1.807, 2.05) is 25.1 Å². The first kappa shape index (κ1) is 13.4. The molecular formula is C14H17ClN4O. The summed E-state index contributed by atoms with van der Waals surface area (Å²) in [6.45, 7) is 6.48. The molecule has 20 heavy (non-hydrogen) atoms. The molecule has 106 valence electrons. The van der Waals surface area contributed by atoms with Crippen LogP contribution in [-0.4, -0.2) is 41.2 Å². The lowest BCUT2D eigenvalue weighted by Crippen LogP contribution is -2.46. The number of piperazine rings is 1. The van der Waals surface area contributed by atoms with Gasteiger partial charge in [-0.3, -0.25) is 4.90 Å². The molecule has 2 aromatic rings. The molecule has 2 heterocycles. The molecule has 0 spiro atoms. The fourth-order valence-corrected chi connectivity index (χ4v) is 2.62. The Morgan fingerprint density at radius 1 is 1.25 bits per heavy atom. The van der Waals surface area contributed by atoms with E-state index in [9.17, 15) is 0 Å². The maximum absolute atomic E-state index is 6.04. The van der Waals surface area contributed by atoms with Gasteiger partial charge in [-0.15, -0.1) is 0 Å². The Kier molecular flexibility index (Phi) is 3.89. The van der Waals surface area contributed by atoms with Crippen molar-refractivity contribution >= 4 is 17.3 Å². The minimum absolute atomic E-state index is 0.692. The van der Waals surface area contributed by atoms with E-state index in [1.165, 1.54) is 5.69 Å². The van der Waals surface area contributed by atoms with Gasteiger partial charge in [-0.2, -0.15) is 4.98 Å². The van der Waals surface area contributed by atoms with Crippen LogP contribution in [0.1, 0.15) is 11.7 Å². The predicted octanol–water partition coefficient (Wildman–Crippen LogP) is 2.35. The van der Waals surface area contributed by atoms with Gasteiger partial charge in [0.2, 0.25) is 5.89 Å². The molecular weight excluding hydrogens is 276 g/mol. The Bertz CT molecular complexity index is 578. The fourth-order valence-electron chi connectivity index (χ4n) is 2.43. The average Bonchev–Trinajstić information content (AvgIpc) is 2.85. The molecule has 1 aliphatic heterocycles. The third-order valence-electron chi connectivity index (χ3n) is 3.47. The van der Waals surface area contributed by atoms with E-state index >= 15 is 0 Å². The van der Waals surface area contributed by atoms with Crippen molar-refractivity contribution in [1.29, 1.82) is 0 Å². The second-order valence-corrected chi connectivity index (χ2v) is 5.41. The summed E-state index contributed by atoms with van der Waals surface area (Å²) in [6.07, 6.45) is 0. The smallest absolute Gasteiger partial charge is 0.240 e. The van der Waals surface area contributed by atoms with E-state index in [-0.39, 0.29) is 0 Å². The molecule has 1 saturated heterocycles. The van der Waals surface area contributed by atoms with Crippen LogP contribution >= 0.6 is 11.6 Å². The van der Waals surface area contributed by atoms with Crippen LogP contribution in [0.3, 0.4) is 0 Å². The van der Waals surface area contributed by atoms with E-state index in [0.717, 1.165) is 37.7 Å². The number of anilines is 1. The molecule has 1 aliphatic rings. The monoisotopic (exact) mass is 292 g/mol. The van der Waals surface area contributed by atoms with E-state index in [1.54, 1.807) is 0 Å². The van der Waals surface area contributed by atoms with E-state index in [2.05, 4.69) is 26.0 Å². The van der Waals surface area contributed by atoms with E-state index in [0.29, 0.717) is 11.7 Å². The normalized spacial score (nSPS) is 16.6. The number of halogens is 1. The second-order valence-electron chi connectivity index (χ2n) is 4.98. The Morgan fingerprint density at radius 3 is 2.70 bits per heavy atom. The molecule has 0 bridgehead atoms. The zero-order valence-electron chi connectivity index (χ0n) is 11.4. The maximum Gasteiger partial charge on any atom is 0.240 e. The highest BCUT2D eigenvalue weighted by molar-refractivity contribution is 6.30. The molecule has 3 rings (SSSR count). The molecule has 0 atom stereocenters. The number of hydrogen-bond donors (Lipinski definition) is 0. The third kappa shape index (κ3) is 3.11. The highest BCUT2D eigenvalue weighted by Crippen LogP contribution is 2.21. The standard InChI is InChI=1S/C14H17ClN4O/c1-11-16-14(20-17-11)10-18-5-7-19(8-6-18)13-4-2-3-12(15)9-13/h2-4,9H,5-8,10H2,1H3. The van der Waals surface area contributed by atoms with Crippen molar-refractivity contribution < 1.29 is 4.52 Å². The Morgan fingerprint density at radius 2 is 2.05 bits per heavy atom. The predicted molar refractivity (Wildman–Crippen MR) is 78.0 cm³/mol. The summed E-state index contributed by atoms with van der Waals surface area (Å²) < 4.78 is 5.16. The van der Waals surface area contributed by atoms with Crippen LogP contribution in [-0.2, 0) is 6.54 Å². The van der Waals surface area contributed by atoms with Crippen molar-refractivity contribution in [3.8, 4) is 0 Å². The van der Waals surface area contributed by atoms with Crippen LogP contribution in [0.15, 0.2) is 28.8 Å².